The molecule has 0 bridgehead atoms. The number of carbonyl (C=O) groups excluding carboxylic acids is 2. The van der Waals surface area contributed by atoms with Crippen molar-refractivity contribution in [2.75, 3.05) is 27.2 Å². The van der Waals surface area contributed by atoms with Crippen molar-refractivity contribution >= 4 is 17.4 Å². The number of Topliss-reactive ketones (excluding diaryl/α,β-unsaturated/α-hetero) is 1. The molecule has 6 nitrogen and oxygen atoms in total. The molecule has 3 rings (SSSR count). The predicted octanol–water partition coefficient (Wildman–Crippen LogP) is 3.02. The maximum Gasteiger partial charge on any atom is 0.295 e. The van der Waals surface area contributed by atoms with Gasteiger partial charge >= 0.3 is 0 Å². The van der Waals surface area contributed by atoms with Crippen molar-refractivity contribution in [2.45, 2.75) is 25.8 Å². The van der Waals surface area contributed by atoms with Gasteiger partial charge in [0, 0.05) is 24.5 Å². The molecule has 152 valence electrons. The van der Waals surface area contributed by atoms with Gasteiger partial charge in [-0.05, 0) is 56.7 Å². The van der Waals surface area contributed by atoms with Crippen LogP contribution >= 0.6 is 0 Å². The van der Waals surface area contributed by atoms with Gasteiger partial charge in [0.05, 0.1) is 11.6 Å². The summed E-state index contributed by atoms with van der Waals surface area (Å²) in [6.45, 7) is 3.28. The second kappa shape index (κ2) is 9.01. The van der Waals surface area contributed by atoms with Crippen LogP contribution < -0.4 is 0 Å². The van der Waals surface area contributed by atoms with E-state index in [1.54, 1.807) is 41.6 Å². The molecule has 1 N–H and O–H groups in total. The molecular weight excluding hydrogens is 366 g/mol. The van der Waals surface area contributed by atoms with Crippen molar-refractivity contribution < 1.29 is 14.7 Å². The number of nitrogens with zero attached hydrogens (tertiary/aromatic N) is 3. The van der Waals surface area contributed by atoms with Crippen molar-refractivity contribution in [3.05, 3.63) is 71.1 Å². The molecular formula is C23H27N3O3. The summed E-state index contributed by atoms with van der Waals surface area (Å²) in [5.41, 5.74) is 2.56. The van der Waals surface area contributed by atoms with Gasteiger partial charge in [0.2, 0.25) is 0 Å². The smallest absolute Gasteiger partial charge is 0.295 e. The number of benzene rings is 1. The van der Waals surface area contributed by atoms with E-state index in [-0.39, 0.29) is 11.3 Å². The Labute approximate surface area is 171 Å². The van der Waals surface area contributed by atoms with Crippen molar-refractivity contribution in [3.8, 4) is 0 Å². The fourth-order valence-electron chi connectivity index (χ4n) is 3.61. The van der Waals surface area contributed by atoms with E-state index in [2.05, 4.69) is 11.9 Å². The molecule has 1 aliphatic rings. The van der Waals surface area contributed by atoms with Crippen LogP contribution in [0.4, 0.5) is 0 Å². The summed E-state index contributed by atoms with van der Waals surface area (Å²) in [5.74, 6) is -1.35. The second-order valence-corrected chi connectivity index (χ2v) is 7.48. The van der Waals surface area contributed by atoms with Crippen LogP contribution in [-0.2, 0) is 16.0 Å². The molecule has 1 unspecified atom stereocenters. The minimum Gasteiger partial charge on any atom is -0.507 e. The molecule has 29 heavy (non-hydrogen) atoms. The van der Waals surface area contributed by atoms with Gasteiger partial charge in [-0.2, -0.15) is 0 Å². The van der Waals surface area contributed by atoms with Crippen molar-refractivity contribution in [1.29, 1.82) is 0 Å². The molecule has 0 radical (unpaired) electrons. The Kier molecular flexibility index (Phi) is 6.44. The number of pyridine rings is 1. The number of rotatable bonds is 7. The number of ketones is 1. The Balaban J connectivity index is 2.05. The molecule has 0 aliphatic carbocycles. The van der Waals surface area contributed by atoms with Crippen LogP contribution in [0.3, 0.4) is 0 Å². The third-order valence-electron chi connectivity index (χ3n) is 5.20. The first-order valence-electron chi connectivity index (χ1n) is 9.86. The lowest BCUT2D eigenvalue weighted by Gasteiger charge is -2.25. The maximum absolute atomic E-state index is 12.9. The van der Waals surface area contributed by atoms with Crippen molar-refractivity contribution in [3.63, 3.8) is 0 Å². The lowest BCUT2D eigenvalue weighted by Crippen LogP contribution is -2.32. The molecule has 1 fully saturated rings. The summed E-state index contributed by atoms with van der Waals surface area (Å²) in [6.07, 6.45) is 4.87. The Morgan fingerprint density at radius 2 is 1.76 bits per heavy atom. The summed E-state index contributed by atoms with van der Waals surface area (Å²) in [5, 5.41) is 11.0. The molecule has 1 saturated heterocycles. The van der Waals surface area contributed by atoms with Gasteiger partial charge in [-0.25, -0.2) is 0 Å². The SMILES string of the molecule is CCc1ccc(/C(O)=C2/C(=O)C(=O)N(CCCN(C)C)C2c2ccncc2)cc1. The van der Waals surface area contributed by atoms with Crippen LogP contribution in [0, 0.1) is 0 Å². The number of aliphatic hydroxyl groups is 1. The summed E-state index contributed by atoms with van der Waals surface area (Å²) in [7, 11) is 3.93. The standard InChI is InChI=1S/C23H27N3O3/c1-4-16-6-8-18(9-7-16)21(27)19-20(17-10-12-24-13-11-17)26(23(29)22(19)28)15-5-14-25(2)3/h6-13,20,27H,4-5,14-15H2,1-3H3/b21-19-. The molecule has 1 aliphatic heterocycles. The molecule has 2 heterocycles. The maximum atomic E-state index is 12.9. The first-order chi connectivity index (χ1) is 13.9. The minimum atomic E-state index is -0.645. The first-order valence-corrected chi connectivity index (χ1v) is 9.86. The largest absolute Gasteiger partial charge is 0.507 e. The van der Waals surface area contributed by atoms with Gasteiger partial charge in [-0.1, -0.05) is 31.2 Å². The summed E-state index contributed by atoms with van der Waals surface area (Å²) in [6, 6.07) is 10.4. The van der Waals surface area contributed by atoms with Gasteiger partial charge in [0.25, 0.3) is 11.7 Å². The fourth-order valence-corrected chi connectivity index (χ4v) is 3.61. The molecule has 1 aromatic carbocycles. The lowest BCUT2D eigenvalue weighted by atomic mass is 9.95. The van der Waals surface area contributed by atoms with Gasteiger partial charge in [0.15, 0.2) is 0 Å². The summed E-state index contributed by atoms with van der Waals surface area (Å²) >= 11 is 0. The van der Waals surface area contributed by atoms with E-state index in [1.165, 1.54) is 0 Å². The van der Waals surface area contributed by atoms with Gasteiger partial charge < -0.3 is 14.9 Å². The Morgan fingerprint density at radius 3 is 2.34 bits per heavy atom. The molecule has 6 heteroatoms. The van der Waals surface area contributed by atoms with E-state index in [1.807, 2.05) is 31.1 Å². The molecule has 2 aromatic rings. The number of aryl methyl sites for hydroxylation is 1. The average Bonchev–Trinajstić information content (AvgIpc) is 2.98. The molecule has 1 amide bonds. The van der Waals surface area contributed by atoms with Crippen LogP contribution in [0.15, 0.2) is 54.4 Å². The van der Waals surface area contributed by atoms with E-state index in [0.29, 0.717) is 12.1 Å². The van der Waals surface area contributed by atoms with E-state index < -0.39 is 17.7 Å². The lowest BCUT2D eigenvalue weighted by molar-refractivity contribution is -0.139. The second-order valence-electron chi connectivity index (χ2n) is 7.48. The normalized spacial score (nSPS) is 18.6. The van der Waals surface area contributed by atoms with Crippen molar-refractivity contribution in [2.24, 2.45) is 0 Å². The Morgan fingerprint density at radius 1 is 1.10 bits per heavy atom. The minimum absolute atomic E-state index is 0.135. The fraction of sp³-hybridized carbons (Fsp3) is 0.348. The summed E-state index contributed by atoms with van der Waals surface area (Å²) in [4.78, 5) is 33.3. The number of likely N-dealkylation sites (tertiary alicyclic amines) is 1. The number of amides is 1. The number of aromatic nitrogens is 1. The van der Waals surface area contributed by atoms with E-state index in [4.69, 9.17) is 0 Å². The van der Waals surface area contributed by atoms with Gasteiger partial charge in [-0.15, -0.1) is 0 Å². The van der Waals surface area contributed by atoms with Crippen LogP contribution in [0.2, 0.25) is 0 Å². The zero-order valence-corrected chi connectivity index (χ0v) is 17.1. The summed E-state index contributed by atoms with van der Waals surface area (Å²) < 4.78 is 0. The van der Waals surface area contributed by atoms with Gasteiger partial charge in [-0.3, -0.25) is 14.6 Å². The van der Waals surface area contributed by atoms with E-state index in [0.717, 1.165) is 30.5 Å². The number of aliphatic hydroxyl groups excluding tert-OH is 1. The Bertz CT molecular complexity index is 905. The van der Waals surface area contributed by atoms with Crippen LogP contribution in [-0.4, -0.2) is 58.8 Å². The highest BCUT2D eigenvalue weighted by Crippen LogP contribution is 2.39. The quantitative estimate of drug-likeness (QED) is 0.445. The zero-order chi connectivity index (χ0) is 21.0. The highest BCUT2D eigenvalue weighted by molar-refractivity contribution is 6.46. The molecule has 1 atom stereocenters. The third-order valence-corrected chi connectivity index (χ3v) is 5.20. The topological polar surface area (TPSA) is 73.7 Å². The zero-order valence-electron chi connectivity index (χ0n) is 17.1. The van der Waals surface area contributed by atoms with E-state index in [9.17, 15) is 14.7 Å². The molecule has 0 saturated carbocycles. The highest BCUT2D eigenvalue weighted by atomic mass is 16.3. The first kappa shape index (κ1) is 20.7. The van der Waals surface area contributed by atoms with E-state index >= 15 is 0 Å². The number of hydrogen-bond acceptors (Lipinski definition) is 5. The number of hydrogen-bond donors (Lipinski definition) is 1. The molecule has 1 aromatic heterocycles. The third kappa shape index (κ3) is 4.38. The van der Waals surface area contributed by atoms with Crippen LogP contribution in [0.25, 0.3) is 5.76 Å². The Hall–Kier alpha value is -2.99. The van der Waals surface area contributed by atoms with Crippen LogP contribution in [0.5, 0.6) is 0 Å². The average molecular weight is 393 g/mol. The monoisotopic (exact) mass is 393 g/mol. The number of carbonyl (C=O) groups is 2. The van der Waals surface area contributed by atoms with Gasteiger partial charge in [0.1, 0.15) is 5.76 Å². The van der Waals surface area contributed by atoms with Crippen molar-refractivity contribution in [1.82, 2.24) is 14.8 Å². The highest BCUT2D eigenvalue weighted by Gasteiger charge is 2.45. The molecule has 0 spiro atoms. The van der Waals surface area contributed by atoms with Crippen LogP contribution in [0.1, 0.15) is 36.1 Å². The predicted molar refractivity (Wildman–Crippen MR) is 112 cm³/mol.